The predicted octanol–water partition coefficient (Wildman–Crippen LogP) is 0.752. The van der Waals surface area contributed by atoms with Crippen molar-refractivity contribution in [1.29, 1.82) is 0 Å². The Balaban J connectivity index is 2.67. The largest absolute Gasteiger partial charge is 0.472 e. The number of thiophene rings is 1. The van der Waals surface area contributed by atoms with Gasteiger partial charge in [-0.3, -0.25) is 19.8 Å². The van der Waals surface area contributed by atoms with Crippen LogP contribution in [0.4, 0.5) is 13.2 Å². The lowest BCUT2D eigenvalue weighted by atomic mass is 10.3. The molecule has 22 heavy (non-hydrogen) atoms. The zero-order valence-corrected chi connectivity index (χ0v) is 11.8. The maximum atomic E-state index is 12.3. The molecule has 0 unspecified atom stereocenters. The van der Waals surface area contributed by atoms with Gasteiger partial charge in [-0.25, -0.2) is 4.98 Å². The molecule has 2 aromatic heterocycles. The molecule has 0 saturated carbocycles. The van der Waals surface area contributed by atoms with Crippen LogP contribution >= 0.6 is 11.3 Å². The van der Waals surface area contributed by atoms with E-state index >= 15 is 0 Å². The van der Waals surface area contributed by atoms with Gasteiger partial charge in [-0.2, -0.15) is 17.8 Å². The van der Waals surface area contributed by atoms with Crippen molar-refractivity contribution in [2.75, 3.05) is 5.43 Å². The van der Waals surface area contributed by atoms with Crippen molar-refractivity contribution in [2.45, 2.75) is 19.5 Å². The molecule has 0 aliphatic carbocycles. The number of aryl methyl sites for hydroxylation is 1. The minimum atomic E-state index is -5.23. The smallest absolute Gasteiger partial charge is 0.363 e. The molecule has 0 atom stereocenters. The fraction of sp³-hybridized carbons (Fsp3) is 0.273. The number of nitrogens with zero attached hydrogens (tertiary/aromatic N) is 2. The Morgan fingerprint density at radius 3 is 2.59 bits per heavy atom. The summed E-state index contributed by atoms with van der Waals surface area (Å²) in [6.07, 6.45) is -4.66. The van der Waals surface area contributed by atoms with Gasteiger partial charge in [0.15, 0.2) is 0 Å². The van der Waals surface area contributed by atoms with Gasteiger partial charge >= 0.3 is 12.1 Å². The monoisotopic (exact) mass is 334 g/mol. The molecule has 2 aromatic rings. The van der Waals surface area contributed by atoms with E-state index in [0.29, 0.717) is 6.42 Å². The van der Waals surface area contributed by atoms with Crippen molar-refractivity contribution in [3.63, 3.8) is 0 Å². The maximum Gasteiger partial charge on any atom is 0.472 e. The van der Waals surface area contributed by atoms with Crippen LogP contribution in [0, 0.1) is 0 Å². The summed E-state index contributed by atoms with van der Waals surface area (Å²) in [4.78, 5) is 39.1. The second-order valence-corrected chi connectivity index (χ2v) is 5.28. The maximum absolute atomic E-state index is 12.3. The van der Waals surface area contributed by atoms with E-state index in [1.807, 2.05) is 6.92 Å². The van der Waals surface area contributed by atoms with Crippen LogP contribution in [0.3, 0.4) is 0 Å². The number of amides is 2. The van der Waals surface area contributed by atoms with Crippen LogP contribution in [0.1, 0.15) is 22.4 Å². The van der Waals surface area contributed by atoms with Gasteiger partial charge in [-0.15, -0.1) is 11.3 Å². The molecular weight excluding hydrogens is 325 g/mol. The van der Waals surface area contributed by atoms with Gasteiger partial charge in [0.2, 0.25) is 5.82 Å². The summed E-state index contributed by atoms with van der Waals surface area (Å²) in [6, 6.07) is 1.44. The van der Waals surface area contributed by atoms with Crippen LogP contribution in [0.25, 0.3) is 10.2 Å². The summed E-state index contributed by atoms with van der Waals surface area (Å²) in [6.45, 7) is 1.81. The lowest BCUT2D eigenvalue weighted by molar-refractivity contribution is -0.168. The molecular formula is C11H9F3N4O3S. The molecule has 118 valence electrons. The van der Waals surface area contributed by atoms with Gasteiger partial charge in [0.05, 0.1) is 5.39 Å². The molecule has 11 heteroatoms. The third kappa shape index (κ3) is 2.79. The highest BCUT2D eigenvalue weighted by Crippen LogP contribution is 2.22. The fourth-order valence-corrected chi connectivity index (χ4v) is 2.60. The van der Waals surface area contributed by atoms with E-state index < -0.39 is 29.4 Å². The number of aromatic nitrogens is 2. The molecule has 0 spiro atoms. The molecule has 2 heterocycles. The Morgan fingerprint density at radius 2 is 2.09 bits per heavy atom. The summed E-state index contributed by atoms with van der Waals surface area (Å²) in [5, 5.41) is -0.00526. The Morgan fingerprint density at radius 1 is 1.45 bits per heavy atom. The fourth-order valence-electron chi connectivity index (χ4n) is 1.64. The predicted molar refractivity (Wildman–Crippen MR) is 72.2 cm³/mol. The second kappa shape index (κ2) is 5.40. The first kappa shape index (κ1) is 15.9. The molecule has 0 radical (unpaired) electrons. The number of primary amides is 1. The number of carbonyl (C=O) groups is 2. The number of alkyl halides is 3. The van der Waals surface area contributed by atoms with E-state index in [0.717, 1.165) is 16.2 Å². The molecule has 0 aromatic carbocycles. The van der Waals surface area contributed by atoms with E-state index in [1.165, 1.54) is 11.5 Å². The number of fused-ring (bicyclic) bond motifs is 1. The van der Waals surface area contributed by atoms with Crippen molar-refractivity contribution in [3.05, 3.63) is 27.1 Å². The molecule has 0 fully saturated rings. The number of hydrogen-bond acceptors (Lipinski definition) is 5. The summed E-state index contributed by atoms with van der Waals surface area (Å²) in [5.74, 6) is -4.43. The normalized spacial score (nSPS) is 11.6. The number of nitrogens with one attached hydrogen (secondary N) is 1. The van der Waals surface area contributed by atoms with Gasteiger partial charge in [-0.1, -0.05) is 6.92 Å². The van der Waals surface area contributed by atoms with E-state index in [-0.39, 0.29) is 14.9 Å². The van der Waals surface area contributed by atoms with E-state index in [1.54, 1.807) is 0 Å². The van der Waals surface area contributed by atoms with Crippen LogP contribution in [-0.4, -0.2) is 27.7 Å². The number of rotatable bonds is 3. The van der Waals surface area contributed by atoms with Crippen LogP contribution in [0.2, 0.25) is 0 Å². The van der Waals surface area contributed by atoms with Gasteiger partial charge in [-0.05, 0) is 12.5 Å². The Hall–Kier alpha value is -2.43. The first-order valence-corrected chi connectivity index (χ1v) is 6.70. The van der Waals surface area contributed by atoms with E-state index in [2.05, 4.69) is 4.98 Å². The van der Waals surface area contributed by atoms with E-state index in [9.17, 15) is 27.6 Å². The molecule has 2 amide bonds. The Labute approximate surface area is 124 Å². The molecule has 2 rings (SSSR count). The first-order valence-electron chi connectivity index (χ1n) is 5.88. The topological polar surface area (TPSA) is 107 Å². The van der Waals surface area contributed by atoms with Gasteiger partial charge in [0.25, 0.3) is 11.5 Å². The Bertz CT molecular complexity index is 824. The van der Waals surface area contributed by atoms with Crippen LogP contribution in [0.5, 0.6) is 0 Å². The zero-order valence-electron chi connectivity index (χ0n) is 11.0. The number of halogens is 3. The standard InChI is InChI=1S/C11H9F3N4O3S/c1-2-4-3-5-8(22-4)16-7(6(15)19)18(9(5)20)17-10(21)11(12,13)14/h3H,2H2,1H3,(H2,15,19)(H,17,21). The zero-order chi connectivity index (χ0) is 16.7. The quantitative estimate of drug-likeness (QED) is 0.863. The van der Waals surface area contributed by atoms with Gasteiger partial charge in [0.1, 0.15) is 4.83 Å². The van der Waals surface area contributed by atoms with Crippen molar-refractivity contribution in [1.82, 2.24) is 9.66 Å². The molecule has 3 N–H and O–H groups in total. The third-order valence-electron chi connectivity index (χ3n) is 2.66. The highest BCUT2D eigenvalue weighted by atomic mass is 32.1. The summed E-state index contributed by atoms with van der Waals surface area (Å²) in [7, 11) is 0. The van der Waals surface area contributed by atoms with Crippen molar-refractivity contribution < 1.29 is 22.8 Å². The first-order chi connectivity index (χ1) is 10.1. The van der Waals surface area contributed by atoms with Crippen molar-refractivity contribution in [2.24, 2.45) is 5.73 Å². The lowest BCUT2D eigenvalue weighted by Gasteiger charge is -2.12. The molecule has 0 aliphatic rings. The summed E-state index contributed by atoms with van der Waals surface area (Å²) < 4.78 is 37.0. The van der Waals surface area contributed by atoms with Crippen molar-refractivity contribution >= 4 is 33.4 Å². The number of carbonyl (C=O) groups excluding carboxylic acids is 2. The summed E-state index contributed by atoms with van der Waals surface area (Å²) in [5.41, 5.74) is 5.30. The molecule has 0 bridgehead atoms. The molecule has 7 nitrogen and oxygen atoms in total. The highest BCUT2D eigenvalue weighted by Gasteiger charge is 2.39. The minimum absolute atomic E-state index is 0.00526. The second-order valence-electron chi connectivity index (χ2n) is 4.16. The number of nitrogens with two attached hydrogens (primary N) is 1. The molecule has 0 saturated heterocycles. The Kier molecular flexibility index (Phi) is 3.92. The highest BCUT2D eigenvalue weighted by molar-refractivity contribution is 7.18. The van der Waals surface area contributed by atoms with Crippen LogP contribution in [-0.2, 0) is 11.2 Å². The number of hydrogen-bond donors (Lipinski definition) is 2. The lowest BCUT2D eigenvalue weighted by Crippen LogP contribution is -2.43. The van der Waals surface area contributed by atoms with Crippen LogP contribution < -0.4 is 16.7 Å². The van der Waals surface area contributed by atoms with E-state index in [4.69, 9.17) is 5.73 Å². The van der Waals surface area contributed by atoms with Crippen molar-refractivity contribution in [3.8, 4) is 0 Å². The van der Waals surface area contributed by atoms with Gasteiger partial charge < -0.3 is 5.73 Å². The third-order valence-corrected chi connectivity index (χ3v) is 3.83. The SMILES string of the molecule is CCc1cc2c(=O)n(NC(=O)C(F)(F)F)c(C(N)=O)nc2s1. The van der Waals surface area contributed by atoms with Gasteiger partial charge in [0, 0.05) is 4.88 Å². The minimum Gasteiger partial charge on any atom is -0.363 e. The van der Waals surface area contributed by atoms with Crippen LogP contribution in [0.15, 0.2) is 10.9 Å². The molecule has 0 aliphatic heterocycles. The average molecular weight is 334 g/mol. The average Bonchev–Trinajstić information content (AvgIpc) is 2.83. The summed E-state index contributed by atoms with van der Waals surface area (Å²) >= 11 is 1.11.